The third kappa shape index (κ3) is 2.92. The predicted octanol–water partition coefficient (Wildman–Crippen LogP) is 3.48. The highest BCUT2D eigenvalue weighted by molar-refractivity contribution is 6.64. The molecular formula is C9H5ClF4O. The van der Waals surface area contributed by atoms with E-state index >= 15 is 0 Å². The van der Waals surface area contributed by atoms with Gasteiger partial charge in [-0.15, -0.1) is 0 Å². The van der Waals surface area contributed by atoms with Gasteiger partial charge in [0.15, 0.2) is 6.17 Å². The highest BCUT2D eigenvalue weighted by Gasteiger charge is 2.31. The van der Waals surface area contributed by atoms with Gasteiger partial charge in [-0.3, -0.25) is 4.79 Å². The Labute approximate surface area is 87.7 Å². The zero-order valence-electron chi connectivity index (χ0n) is 7.18. The number of alkyl halides is 4. The monoisotopic (exact) mass is 240 g/mol. The number of carbonyl (C=O) groups excluding carboxylic acids is 1. The largest absolute Gasteiger partial charge is 0.416 e. The van der Waals surface area contributed by atoms with Crippen LogP contribution in [0.2, 0.25) is 0 Å². The van der Waals surface area contributed by atoms with Crippen LogP contribution < -0.4 is 0 Å². The van der Waals surface area contributed by atoms with Crippen LogP contribution in [-0.2, 0) is 11.0 Å². The molecule has 0 aliphatic carbocycles. The van der Waals surface area contributed by atoms with E-state index < -0.39 is 28.7 Å². The van der Waals surface area contributed by atoms with Gasteiger partial charge in [0, 0.05) is 0 Å². The van der Waals surface area contributed by atoms with Crippen molar-refractivity contribution in [2.75, 3.05) is 0 Å². The molecule has 0 saturated carbocycles. The fourth-order valence-corrected chi connectivity index (χ4v) is 1.13. The van der Waals surface area contributed by atoms with E-state index in [1.807, 2.05) is 0 Å². The van der Waals surface area contributed by atoms with Crippen molar-refractivity contribution < 1.29 is 22.4 Å². The number of hydrogen-bond donors (Lipinski definition) is 0. The van der Waals surface area contributed by atoms with E-state index in [9.17, 15) is 22.4 Å². The zero-order valence-corrected chi connectivity index (χ0v) is 7.94. The van der Waals surface area contributed by atoms with Gasteiger partial charge in [-0.2, -0.15) is 13.2 Å². The van der Waals surface area contributed by atoms with E-state index in [0.29, 0.717) is 6.07 Å². The second-order valence-electron chi connectivity index (χ2n) is 2.79. The van der Waals surface area contributed by atoms with E-state index in [2.05, 4.69) is 0 Å². The normalized spacial score (nSPS) is 13.7. The first kappa shape index (κ1) is 12.0. The first-order chi connectivity index (χ1) is 6.82. The maximum Gasteiger partial charge on any atom is 0.416 e. The van der Waals surface area contributed by atoms with Crippen LogP contribution >= 0.6 is 11.6 Å². The second kappa shape index (κ2) is 4.18. The third-order valence-electron chi connectivity index (χ3n) is 1.71. The van der Waals surface area contributed by atoms with E-state index in [4.69, 9.17) is 11.6 Å². The van der Waals surface area contributed by atoms with Crippen LogP contribution in [0.4, 0.5) is 17.6 Å². The highest BCUT2D eigenvalue weighted by Crippen LogP contribution is 2.31. The van der Waals surface area contributed by atoms with Crippen molar-refractivity contribution >= 4 is 16.8 Å². The Kier molecular flexibility index (Phi) is 3.34. The average molecular weight is 241 g/mol. The Morgan fingerprint density at radius 2 is 1.93 bits per heavy atom. The maximum atomic E-state index is 13.0. The van der Waals surface area contributed by atoms with Crippen molar-refractivity contribution in [3.63, 3.8) is 0 Å². The molecule has 0 fully saturated rings. The Bertz CT molecular complexity index is 375. The summed E-state index contributed by atoms with van der Waals surface area (Å²) in [6, 6.07) is 3.44. The van der Waals surface area contributed by atoms with Crippen LogP contribution in [0.3, 0.4) is 0 Å². The summed E-state index contributed by atoms with van der Waals surface area (Å²) in [4.78, 5) is 10.4. The molecule has 1 aromatic carbocycles. The van der Waals surface area contributed by atoms with Crippen molar-refractivity contribution in [3.8, 4) is 0 Å². The summed E-state index contributed by atoms with van der Waals surface area (Å²) in [7, 11) is 0. The lowest BCUT2D eigenvalue weighted by Gasteiger charge is -2.09. The van der Waals surface area contributed by atoms with Gasteiger partial charge < -0.3 is 0 Å². The maximum absolute atomic E-state index is 13.0. The molecule has 0 bridgehead atoms. The minimum atomic E-state index is -4.56. The summed E-state index contributed by atoms with van der Waals surface area (Å²) in [6.07, 6.45) is -6.79. The number of hydrogen-bond acceptors (Lipinski definition) is 1. The van der Waals surface area contributed by atoms with Gasteiger partial charge in [-0.05, 0) is 29.3 Å². The van der Waals surface area contributed by atoms with Gasteiger partial charge in [-0.25, -0.2) is 4.39 Å². The molecule has 1 nitrogen and oxygen atoms in total. The summed E-state index contributed by atoms with van der Waals surface area (Å²) in [5, 5.41) is -1.34. The second-order valence-corrected chi connectivity index (χ2v) is 3.16. The SMILES string of the molecule is O=C(Cl)C(F)c1cccc(C(F)(F)F)c1. The third-order valence-corrected chi connectivity index (χ3v) is 1.90. The number of benzene rings is 1. The van der Waals surface area contributed by atoms with Crippen molar-refractivity contribution in [2.24, 2.45) is 0 Å². The molecule has 0 aromatic heterocycles. The molecule has 0 radical (unpaired) electrons. The first-order valence-electron chi connectivity index (χ1n) is 3.83. The molecule has 1 rings (SSSR count). The molecule has 0 spiro atoms. The molecule has 15 heavy (non-hydrogen) atoms. The van der Waals surface area contributed by atoms with E-state index in [0.717, 1.165) is 18.2 Å². The minimum Gasteiger partial charge on any atom is -0.278 e. The topological polar surface area (TPSA) is 17.1 Å². The molecule has 6 heteroatoms. The van der Waals surface area contributed by atoms with Crippen LogP contribution in [0, 0.1) is 0 Å². The predicted molar refractivity (Wildman–Crippen MR) is 46.2 cm³/mol. The van der Waals surface area contributed by atoms with E-state index in [1.165, 1.54) is 0 Å². The lowest BCUT2D eigenvalue weighted by atomic mass is 10.1. The van der Waals surface area contributed by atoms with Gasteiger partial charge in [0.2, 0.25) is 0 Å². The molecule has 0 aliphatic rings. The molecule has 1 unspecified atom stereocenters. The standard InChI is InChI=1S/C9H5ClF4O/c10-8(15)7(11)5-2-1-3-6(4-5)9(12,13)14/h1-4,7H. The van der Waals surface area contributed by atoms with Gasteiger partial charge in [0.05, 0.1) is 5.56 Å². The molecule has 1 atom stereocenters. The molecule has 0 N–H and O–H groups in total. The number of carbonyl (C=O) groups is 1. The molecule has 0 aliphatic heterocycles. The lowest BCUT2D eigenvalue weighted by molar-refractivity contribution is -0.137. The molecule has 1 aromatic rings. The molecule has 0 heterocycles. The van der Waals surface area contributed by atoms with Crippen molar-refractivity contribution in [1.29, 1.82) is 0 Å². The summed E-state index contributed by atoms with van der Waals surface area (Å²) < 4.78 is 49.6. The summed E-state index contributed by atoms with van der Waals surface area (Å²) >= 11 is 4.83. The average Bonchev–Trinajstić information content (AvgIpc) is 2.15. The Balaban J connectivity index is 3.08. The van der Waals surface area contributed by atoms with Gasteiger partial charge >= 0.3 is 6.18 Å². The fraction of sp³-hybridized carbons (Fsp3) is 0.222. The van der Waals surface area contributed by atoms with Crippen molar-refractivity contribution in [1.82, 2.24) is 0 Å². The summed E-state index contributed by atoms with van der Waals surface area (Å²) in [6.45, 7) is 0. The van der Waals surface area contributed by atoms with Crippen LogP contribution in [-0.4, -0.2) is 5.24 Å². The quantitative estimate of drug-likeness (QED) is 0.571. The van der Waals surface area contributed by atoms with Gasteiger partial charge in [0.25, 0.3) is 5.24 Å². The summed E-state index contributed by atoms with van der Waals surface area (Å²) in [5.74, 6) is 0. The fourth-order valence-electron chi connectivity index (χ4n) is 1.00. The Morgan fingerprint density at radius 1 is 1.33 bits per heavy atom. The van der Waals surface area contributed by atoms with E-state index in [-0.39, 0.29) is 0 Å². The molecule has 82 valence electrons. The van der Waals surface area contributed by atoms with Crippen LogP contribution in [0.25, 0.3) is 0 Å². The minimum absolute atomic E-state index is 0.398. The molecular weight excluding hydrogens is 236 g/mol. The van der Waals surface area contributed by atoms with Crippen molar-refractivity contribution in [2.45, 2.75) is 12.3 Å². The molecule has 0 saturated heterocycles. The Morgan fingerprint density at radius 3 is 2.40 bits per heavy atom. The van der Waals surface area contributed by atoms with Crippen molar-refractivity contribution in [3.05, 3.63) is 35.4 Å². The van der Waals surface area contributed by atoms with Crippen LogP contribution in [0.1, 0.15) is 17.3 Å². The number of halogens is 5. The van der Waals surface area contributed by atoms with Gasteiger partial charge in [-0.1, -0.05) is 12.1 Å². The smallest absolute Gasteiger partial charge is 0.278 e. The molecule has 0 amide bonds. The van der Waals surface area contributed by atoms with Crippen LogP contribution in [0.5, 0.6) is 0 Å². The first-order valence-corrected chi connectivity index (χ1v) is 4.20. The van der Waals surface area contributed by atoms with Gasteiger partial charge in [0.1, 0.15) is 0 Å². The highest BCUT2D eigenvalue weighted by atomic mass is 35.5. The van der Waals surface area contributed by atoms with Crippen LogP contribution in [0.15, 0.2) is 24.3 Å². The number of rotatable bonds is 2. The zero-order chi connectivity index (χ0) is 11.6. The lowest BCUT2D eigenvalue weighted by Crippen LogP contribution is -2.07. The summed E-state index contributed by atoms with van der Waals surface area (Å²) in [5.41, 5.74) is -1.41. The van der Waals surface area contributed by atoms with E-state index in [1.54, 1.807) is 0 Å². The Hall–Kier alpha value is -1.10.